The van der Waals surface area contributed by atoms with Gasteiger partial charge in [-0.1, -0.05) is 0 Å². The van der Waals surface area contributed by atoms with Crippen LogP contribution < -0.4 is 4.90 Å². The SMILES string of the molecule is Cc1nnc(N2CCCCC2)c(C#N)c1C. The van der Waals surface area contributed by atoms with E-state index in [9.17, 15) is 5.26 Å². The van der Waals surface area contributed by atoms with Gasteiger partial charge in [0.25, 0.3) is 0 Å². The quantitative estimate of drug-likeness (QED) is 0.720. The highest BCUT2D eigenvalue weighted by molar-refractivity contribution is 5.57. The van der Waals surface area contributed by atoms with Gasteiger partial charge in [-0.3, -0.25) is 0 Å². The lowest BCUT2D eigenvalue weighted by Crippen LogP contribution is -2.31. The van der Waals surface area contributed by atoms with Gasteiger partial charge in [-0.2, -0.15) is 10.4 Å². The fraction of sp³-hybridized carbons (Fsp3) is 0.583. The fourth-order valence-corrected chi connectivity index (χ4v) is 2.06. The van der Waals surface area contributed by atoms with Crippen molar-refractivity contribution in [1.82, 2.24) is 10.2 Å². The molecule has 0 N–H and O–H groups in total. The van der Waals surface area contributed by atoms with E-state index in [0.29, 0.717) is 5.56 Å². The first-order valence-electron chi connectivity index (χ1n) is 5.73. The second-order valence-corrected chi connectivity index (χ2v) is 4.27. The number of hydrogen-bond acceptors (Lipinski definition) is 4. The number of nitriles is 1. The molecule has 16 heavy (non-hydrogen) atoms. The maximum atomic E-state index is 9.21. The van der Waals surface area contributed by atoms with Crippen molar-refractivity contribution in [3.05, 3.63) is 16.8 Å². The second-order valence-electron chi connectivity index (χ2n) is 4.27. The molecular weight excluding hydrogens is 200 g/mol. The van der Waals surface area contributed by atoms with E-state index in [2.05, 4.69) is 21.2 Å². The number of hydrogen-bond donors (Lipinski definition) is 0. The third kappa shape index (κ3) is 1.85. The maximum Gasteiger partial charge on any atom is 0.169 e. The molecule has 1 fully saturated rings. The standard InChI is InChI=1S/C12H16N4/c1-9-10(2)14-15-12(11(9)8-13)16-6-4-3-5-7-16/h3-7H2,1-2H3. The number of piperidine rings is 1. The number of nitrogens with zero attached hydrogens (tertiary/aromatic N) is 4. The van der Waals surface area contributed by atoms with Gasteiger partial charge in [0.2, 0.25) is 0 Å². The van der Waals surface area contributed by atoms with Gasteiger partial charge in [-0.05, 0) is 38.7 Å². The highest BCUT2D eigenvalue weighted by Crippen LogP contribution is 2.23. The molecule has 1 saturated heterocycles. The van der Waals surface area contributed by atoms with E-state index >= 15 is 0 Å². The van der Waals surface area contributed by atoms with E-state index in [1.54, 1.807) is 0 Å². The molecule has 4 nitrogen and oxygen atoms in total. The summed E-state index contributed by atoms with van der Waals surface area (Å²) in [6.45, 7) is 5.82. The van der Waals surface area contributed by atoms with Crippen molar-refractivity contribution in [3.63, 3.8) is 0 Å². The zero-order chi connectivity index (χ0) is 11.5. The predicted octanol–water partition coefficient (Wildman–Crippen LogP) is 1.96. The normalized spacial score (nSPS) is 15.9. The molecule has 0 aliphatic carbocycles. The Morgan fingerprint density at radius 3 is 2.44 bits per heavy atom. The first-order chi connectivity index (χ1) is 7.74. The molecular formula is C12H16N4. The minimum atomic E-state index is 0.689. The Bertz CT molecular complexity index is 427. The van der Waals surface area contributed by atoms with Crippen LogP contribution in [0.3, 0.4) is 0 Å². The molecule has 1 aliphatic rings. The van der Waals surface area contributed by atoms with Gasteiger partial charge >= 0.3 is 0 Å². The first-order valence-corrected chi connectivity index (χ1v) is 5.73. The highest BCUT2D eigenvalue weighted by Gasteiger charge is 2.18. The lowest BCUT2D eigenvalue weighted by atomic mass is 10.1. The highest BCUT2D eigenvalue weighted by atomic mass is 15.3. The summed E-state index contributed by atoms with van der Waals surface area (Å²) in [7, 11) is 0. The van der Waals surface area contributed by atoms with Crippen LogP contribution in [0.25, 0.3) is 0 Å². The monoisotopic (exact) mass is 216 g/mol. The molecule has 0 amide bonds. The van der Waals surface area contributed by atoms with Gasteiger partial charge in [0.1, 0.15) is 11.6 Å². The summed E-state index contributed by atoms with van der Waals surface area (Å²) in [6.07, 6.45) is 3.63. The summed E-state index contributed by atoms with van der Waals surface area (Å²) in [4.78, 5) is 2.18. The molecule has 1 aliphatic heterocycles. The van der Waals surface area contributed by atoms with E-state index in [-0.39, 0.29) is 0 Å². The van der Waals surface area contributed by atoms with Crippen LogP contribution in [-0.4, -0.2) is 23.3 Å². The second kappa shape index (κ2) is 4.48. The Morgan fingerprint density at radius 2 is 1.81 bits per heavy atom. The number of aromatic nitrogens is 2. The third-order valence-electron chi connectivity index (χ3n) is 3.20. The molecule has 0 unspecified atom stereocenters. The topological polar surface area (TPSA) is 52.8 Å². The predicted molar refractivity (Wildman–Crippen MR) is 62.3 cm³/mol. The zero-order valence-electron chi connectivity index (χ0n) is 9.82. The van der Waals surface area contributed by atoms with Crippen molar-refractivity contribution < 1.29 is 0 Å². The van der Waals surface area contributed by atoms with Crippen LogP contribution in [0.2, 0.25) is 0 Å². The van der Waals surface area contributed by atoms with Crippen LogP contribution in [-0.2, 0) is 0 Å². The summed E-state index contributed by atoms with van der Waals surface area (Å²) >= 11 is 0. The van der Waals surface area contributed by atoms with E-state index < -0.39 is 0 Å². The minimum Gasteiger partial charge on any atom is -0.354 e. The minimum absolute atomic E-state index is 0.689. The van der Waals surface area contributed by atoms with Crippen LogP contribution in [0.5, 0.6) is 0 Å². The molecule has 0 aromatic carbocycles. The molecule has 0 saturated carbocycles. The van der Waals surface area contributed by atoms with Crippen LogP contribution in [0, 0.1) is 25.2 Å². The molecule has 1 aromatic rings. The van der Waals surface area contributed by atoms with Crippen molar-refractivity contribution >= 4 is 5.82 Å². The zero-order valence-corrected chi connectivity index (χ0v) is 9.82. The van der Waals surface area contributed by atoms with Gasteiger partial charge in [0.05, 0.1) is 5.69 Å². The van der Waals surface area contributed by atoms with Crippen LogP contribution in [0.4, 0.5) is 5.82 Å². The number of rotatable bonds is 1. The Balaban J connectivity index is 2.40. The van der Waals surface area contributed by atoms with Gasteiger partial charge in [-0.25, -0.2) is 0 Å². The molecule has 0 spiro atoms. The van der Waals surface area contributed by atoms with Crippen molar-refractivity contribution in [2.45, 2.75) is 33.1 Å². The average Bonchev–Trinajstić information content (AvgIpc) is 2.33. The Hall–Kier alpha value is -1.63. The Labute approximate surface area is 95.9 Å². The Morgan fingerprint density at radius 1 is 1.12 bits per heavy atom. The van der Waals surface area contributed by atoms with Crippen molar-refractivity contribution in [3.8, 4) is 6.07 Å². The van der Waals surface area contributed by atoms with E-state index in [4.69, 9.17) is 0 Å². The molecule has 4 heteroatoms. The lowest BCUT2D eigenvalue weighted by Gasteiger charge is -2.28. The Kier molecular flexibility index (Phi) is 3.04. The largest absolute Gasteiger partial charge is 0.354 e. The lowest BCUT2D eigenvalue weighted by molar-refractivity contribution is 0.570. The maximum absolute atomic E-state index is 9.21. The number of anilines is 1. The molecule has 0 radical (unpaired) electrons. The molecule has 84 valence electrons. The number of aryl methyl sites for hydroxylation is 1. The summed E-state index contributed by atoms with van der Waals surface area (Å²) in [5.41, 5.74) is 2.49. The summed E-state index contributed by atoms with van der Waals surface area (Å²) in [5.74, 6) is 0.769. The van der Waals surface area contributed by atoms with Crippen LogP contribution >= 0.6 is 0 Å². The van der Waals surface area contributed by atoms with Crippen molar-refractivity contribution in [2.75, 3.05) is 18.0 Å². The van der Waals surface area contributed by atoms with Gasteiger partial charge < -0.3 is 4.90 Å². The summed E-state index contributed by atoms with van der Waals surface area (Å²) in [6, 6.07) is 2.26. The van der Waals surface area contributed by atoms with E-state index in [1.165, 1.54) is 19.3 Å². The smallest absolute Gasteiger partial charge is 0.169 e. The van der Waals surface area contributed by atoms with Crippen molar-refractivity contribution in [1.29, 1.82) is 5.26 Å². The van der Waals surface area contributed by atoms with Gasteiger partial charge in [-0.15, -0.1) is 5.10 Å². The summed E-state index contributed by atoms with van der Waals surface area (Å²) in [5, 5.41) is 17.5. The van der Waals surface area contributed by atoms with Crippen molar-refractivity contribution in [2.24, 2.45) is 0 Å². The van der Waals surface area contributed by atoms with Crippen LogP contribution in [0.1, 0.15) is 36.1 Å². The molecule has 0 bridgehead atoms. The van der Waals surface area contributed by atoms with Crippen LogP contribution in [0.15, 0.2) is 0 Å². The summed E-state index contributed by atoms with van der Waals surface area (Å²) < 4.78 is 0. The van der Waals surface area contributed by atoms with Gasteiger partial charge in [0, 0.05) is 13.1 Å². The fourth-order valence-electron chi connectivity index (χ4n) is 2.06. The molecule has 2 heterocycles. The van der Waals surface area contributed by atoms with Gasteiger partial charge in [0.15, 0.2) is 5.82 Å². The third-order valence-corrected chi connectivity index (χ3v) is 3.20. The first kappa shape index (κ1) is 10.9. The molecule has 0 atom stereocenters. The molecule has 2 rings (SSSR count). The molecule has 1 aromatic heterocycles. The van der Waals surface area contributed by atoms with E-state index in [1.807, 2.05) is 13.8 Å². The average molecular weight is 216 g/mol. The van der Waals surface area contributed by atoms with E-state index in [0.717, 1.165) is 30.2 Å².